The first-order chi connectivity index (χ1) is 20.3. The first-order valence-electron chi connectivity index (χ1n) is 14.0. The van der Waals surface area contributed by atoms with Crippen molar-refractivity contribution in [3.63, 3.8) is 0 Å². The van der Waals surface area contributed by atoms with E-state index in [1.165, 1.54) is 0 Å². The van der Waals surface area contributed by atoms with E-state index in [-0.39, 0.29) is 0 Å². The molecule has 0 saturated carbocycles. The van der Waals surface area contributed by atoms with Gasteiger partial charge in [0.2, 0.25) is 11.8 Å². The smallest absolute Gasteiger partial charge is 0.213 e. The van der Waals surface area contributed by atoms with Crippen molar-refractivity contribution >= 4 is 43.6 Å². The van der Waals surface area contributed by atoms with E-state index in [1.54, 1.807) is 14.2 Å². The quantitative estimate of drug-likeness (QED) is 0.205. The van der Waals surface area contributed by atoms with Gasteiger partial charge in [-0.15, -0.1) is 0 Å². The highest BCUT2D eigenvalue weighted by Crippen LogP contribution is 2.34. The van der Waals surface area contributed by atoms with Crippen molar-refractivity contribution in [3.05, 3.63) is 95.1 Å². The van der Waals surface area contributed by atoms with E-state index in [0.717, 1.165) is 88.4 Å². The Kier molecular flexibility index (Phi) is 6.01. The van der Waals surface area contributed by atoms with Gasteiger partial charge in [0.05, 0.1) is 36.6 Å². The molecule has 0 bridgehead atoms. The lowest BCUT2D eigenvalue weighted by Gasteiger charge is -2.13. The molecule has 4 heterocycles. The maximum Gasteiger partial charge on any atom is 0.213 e. The molecule has 0 fully saturated rings. The van der Waals surface area contributed by atoms with Gasteiger partial charge in [0.15, 0.2) is 0 Å². The monoisotopic (exact) mass is 550 g/mol. The van der Waals surface area contributed by atoms with Crippen LogP contribution in [0.3, 0.4) is 0 Å². The third-order valence-electron chi connectivity index (χ3n) is 8.19. The molecule has 0 radical (unpaired) electrons. The average molecular weight is 551 g/mol. The number of ether oxygens (including phenoxy) is 2. The van der Waals surface area contributed by atoms with Crippen LogP contribution in [0.15, 0.2) is 72.8 Å². The zero-order valence-electron chi connectivity index (χ0n) is 24.5. The number of benzene rings is 3. The molecule has 0 atom stereocenters. The Morgan fingerprint density at radius 1 is 0.405 bits per heavy atom. The summed E-state index contributed by atoms with van der Waals surface area (Å²) in [6.45, 7) is 8.40. The van der Waals surface area contributed by atoms with Gasteiger partial charge in [0, 0.05) is 44.8 Å². The normalized spacial score (nSPS) is 11.6. The number of pyridine rings is 4. The fourth-order valence-corrected chi connectivity index (χ4v) is 5.88. The molecule has 6 heteroatoms. The van der Waals surface area contributed by atoms with Gasteiger partial charge in [0.25, 0.3) is 0 Å². The van der Waals surface area contributed by atoms with E-state index >= 15 is 0 Å². The van der Waals surface area contributed by atoms with Gasteiger partial charge in [0.1, 0.15) is 11.0 Å². The fourth-order valence-electron chi connectivity index (χ4n) is 5.88. The molecule has 0 spiro atoms. The zero-order valence-corrected chi connectivity index (χ0v) is 24.5. The van der Waals surface area contributed by atoms with Gasteiger partial charge >= 0.3 is 0 Å². The first kappa shape index (κ1) is 25.8. The summed E-state index contributed by atoms with van der Waals surface area (Å²) in [6.07, 6.45) is 0. The number of hydrogen-bond donors (Lipinski definition) is 0. The number of rotatable bonds is 4. The Balaban J connectivity index is 1.35. The molecule has 4 aromatic heterocycles. The molecule has 0 amide bonds. The Hall–Kier alpha value is -5.10. The Morgan fingerprint density at radius 2 is 0.714 bits per heavy atom. The molecule has 6 nitrogen and oxygen atoms in total. The van der Waals surface area contributed by atoms with Gasteiger partial charge in [-0.05, 0) is 62.1 Å². The van der Waals surface area contributed by atoms with Gasteiger partial charge in [-0.2, -0.15) is 0 Å². The largest absolute Gasteiger partial charge is 0.481 e. The molecule has 7 aromatic rings. The first-order valence-corrected chi connectivity index (χ1v) is 14.0. The van der Waals surface area contributed by atoms with Crippen LogP contribution in [-0.2, 0) is 0 Å². The summed E-state index contributed by atoms with van der Waals surface area (Å²) in [5.74, 6) is 1.19. The highest BCUT2D eigenvalue weighted by molar-refractivity contribution is 6.07. The second-order valence-corrected chi connectivity index (χ2v) is 10.9. The summed E-state index contributed by atoms with van der Waals surface area (Å²) >= 11 is 0. The minimum atomic E-state index is 0.594. The van der Waals surface area contributed by atoms with Crippen molar-refractivity contribution in [2.75, 3.05) is 14.2 Å². The minimum Gasteiger partial charge on any atom is -0.481 e. The maximum atomic E-state index is 5.47. The lowest BCUT2D eigenvalue weighted by Crippen LogP contribution is -1.96. The Labute approximate surface area is 244 Å². The van der Waals surface area contributed by atoms with Crippen LogP contribution < -0.4 is 9.47 Å². The molecule has 0 aliphatic carbocycles. The number of hydrogen-bond acceptors (Lipinski definition) is 6. The summed E-state index contributed by atoms with van der Waals surface area (Å²) in [5.41, 5.74) is 11.9. The summed E-state index contributed by atoms with van der Waals surface area (Å²) in [4.78, 5) is 19.8. The molecule has 7 rings (SSSR count). The van der Waals surface area contributed by atoms with Crippen LogP contribution in [-0.4, -0.2) is 34.2 Å². The standard InChI is InChI=1S/C36H30N4O2/c1-19-15-29(37-33-25(19)11-13-27-21(3)17-31(41-5)39-35(27)33)23-7-9-24(10-8-23)30-16-20(2)26-12-14-28-22(4)18-32(42-6)40-36(28)34(26)38-30/h7-18H,1-6H3. The third kappa shape index (κ3) is 4.10. The van der Waals surface area contributed by atoms with E-state index in [9.17, 15) is 0 Å². The summed E-state index contributed by atoms with van der Waals surface area (Å²) in [6, 6.07) is 25.2. The summed E-state index contributed by atoms with van der Waals surface area (Å²) < 4.78 is 10.9. The lowest BCUT2D eigenvalue weighted by molar-refractivity contribution is 0.399. The van der Waals surface area contributed by atoms with Crippen LogP contribution in [0.5, 0.6) is 11.8 Å². The molecular formula is C36H30N4O2. The van der Waals surface area contributed by atoms with Crippen molar-refractivity contribution in [3.8, 4) is 34.3 Å². The molecular weight excluding hydrogens is 520 g/mol. The molecule has 0 unspecified atom stereocenters. The van der Waals surface area contributed by atoms with Crippen molar-refractivity contribution < 1.29 is 9.47 Å². The lowest BCUT2D eigenvalue weighted by atomic mass is 9.99. The second kappa shape index (κ2) is 9.77. The number of aryl methyl sites for hydroxylation is 4. The van der Waals surface area contributed by atoms with Crippen LogP contribution in [0.2, 0.25) is 0 Å². The summed E-state index contributed by atoms with van der Waals surface area (Å²) in [5, 5.41) is 4.34. The van der Waals surface area contributed by atoms with E-state index in [2.05, 4.69) is 88.4 Å². The number of fused-ring (bicyclic) bond motifs is 6. The van der Waals surface area contributed by atoms with Gasteiger partial charge in [-0.3, -0.25) is 0 Å². The van der Waals surface area contributed by atoms with Gasteiger partial charge in [-0.1, -0.05) is 48.5 Å². The van der Waals surface area contributed by atoms with Crippen LogP contribution >= 0.6 is 0 Å². The van der Waals surface area contributed by atoms with E-state index in [1.807, 2.05) is 12.1 Å². The van der Waals surface area contributed by atoms with Crippen LogP contribution in [0, 0.1) is 27.7 Å². The molecule has 42 heavy (non-hydrogen) atoms. The average Bonchev–Trinajstić information content (AvgIpc) is 3.00. The third-order valence-corrected chi connectivity index (χ3v) is 8.19. The summed E-state index contributed by atoms with van der Waals surface area (Å²) in [7, 11) is 3.29. The SMILES string of the molecule is COc1cc(C)c2ccc3c(C)cc(-c4ccc(-c5cc(C)c6ccc7c(C)cc(OC)nc7c6n5)cc4)nc3c2n1. The van der Waals surface area contributed by atoms with E-state index in [0.29, 0.717) is 11.8 Å². The highest BCUT2D eigenvalue weighted by Gasteiger charge is 2.14. The van der Waals surface area contributed by atoms with Crippen molar-refractivity contribution in [2.24, 2.45) is 0 Å². The Bertz CT molecular complexity index is 2050. The number of methoxy groups -OCH3 is 2. The van der Waals surface area contributed by atoms with Crippen molar-refractivity contribution in [1.29, 1.82) is 0 Å². The predicted octanol–water partition coefficient (Wildman–Crippen LogP) is 8.46. The van der Waals surface area contributed by atoms with Crippen LogP contribution in [0.4, 0.5) is 0 Å². The zero-order chi connectivity index (χ0) is 29.1. The molecule has 206 valence electrons. The maximum absolute atomic E-state index is 5.47. The van der Waals surface area contributed by atoms with Crippen LogP contribution in [0.1, 0.15) is 22.3 Å². The molecule has 3 aromatic carbocycles. The minimum absolute atomic E-state index is 0.594. The van der Waals surface area contributed by atoms with E-state index in [4.69, 9.17) is 29.4 Å². The van der Waals surface area contributed by atoms with Crippen LogP contribution in [0.25, 0.3) is 66.1 Å². The number of nitrogens with zero attached hydrogens (tertiary/aromatic N) is 4. The van der Waals surface area contributed by atoms with Crippen molar-refractivity contribution in [1.82, 2.24) is 19.9 Å². The molecule has 0 aliphatic heterocycles. The van der Waals surface area contributed by atoms with E-state index < -0.39 is 0 Å². The van der Waals surface area contributed by atoms with Gasteiger partial charge in [-0.25, -0.2) is 19.9 Å². The second-order valence-electron chi connectivity index (χ2n) is 10.9. The topological polar surface area (TPSA) is 70.0 Å². The molecule has 0 N–H and O–H groups in total. The van der Waals surface area contributed by atoms with Gasteiger partial charge < -0.3 is 9.47 Å². The highest BCUT2D eigenvalue weighted by atomic mass is 16.5. The number of aromatic nitrogens is 4. The predicted molar refractivity (Wildman–Crippen MR) is 171 cm³/mol. The molecule has 0 saturated heterocycles. The molecule has 0 aliphatic rings. The van der Waals surface area contributed by atoms with Crippen molar-refractivity contribution in [2.45, 2.75) is 27.7 Å². The Morgan fingerprint density at radius 3 is 1.05 bits per heavy atom. The fraction of sp³-hybridized carbons (Fsp3) is 0.167.